The molecule has 0 fully saturated rings. The van der Waals surface area contributed by atoms with Gasteiger partial charge in [-0.05, 0) is 48.4 Å². The first kappa shape index (κ1) is 20.9. The van der Waals surface area contributed by atoms with Crippen molar-refractivity contribution in [2.45, 2.75) is 13.0 Å². The van der Waals surface area contributed by atoms with E-state index in [1.165, 1.54) is 11.1 Å². The Morgan fingerprint density at radius 3 is 2.12 bits per heavy atom. The van der Waals surface area contributed by atoms with Gasteiger partial charge in [-0.2, -0.15) is 0 Å². The number of nitrogens with zero attached hydrogens (tertiary/aromatic N) is 1. The number of benzene rings is 1. The Hall–Kier alpha value is -3.13. The molecule has 0 saturated carbocycles. The smallest absolute Gasteiger partial charge is 0.414 e. The van der Waals surface area contributed by atoms with Crippen LogP contribution in [-0.2, 0) is 22.6 Å². The van der Waals surface area contributed by atoms with E-state index in [-0.39, 0.29) is 0 Å². The van der Waals surface area contributed by atoms with Gasteiger partial charge in [-0.1, -0.05) is 6.07 Å². The molecule has 8 heteroatoms. The number of aliphatic carboxylic acids is 2. The highest BCUT2D eigenvalue weighted by molar-refractivity contribution is 6.27. The van der Waals surface area contributed by atoms with Crippen LogP contribution in [-0.4, -0.2) is 47.9 Å². The Morgan fingerprint density at radius 2 is 1.58 bits per heavy atom. The molecule has 0 saturated heterocycles. The number of carboxylic acids is 2. The van der Waals surface area contributed by atoms with Crippen LogP contribution in [0.15, 0.2) is 42.7 Å². The van der Waals surface area contributed by atoms with E-state index in [9.17, 15) is 0 Å². The molecule has 0 aliphatic carbocycles. The molecule has 3 N–H and O–H groups in total. The van der Waals surface area contributed by atoms with E-state index in [2.05, 4.69) is 16.4 Å². The number of carbonyl (C=O) groups is 2. The van der Waals surface area contributed by atoms with Crippen LogP contribution in [0.4, 0.5) is 0 Å². The van der Waals surface area contributed by atoms with E-state index in [1.807, 2.05) is 36.7 Å². The summed E-state index contributed by atoms with van der Waals surface area (Å²) in [5.41, 5.74) is 2.47. The first-order valence-corrected chi connectivity index (χ1v) is 7.74. The lowest BCUT2D eigenvalue weighted by Gasteiger charge is -2.10. The molecule has 0 amide bonds. The van der Waals surface area contributed by atoms with E-state index >= 15 is 0 Å². The summed E-state index contributed by atoms with van der Waals surface area (Å²) < 4.78 is 10.5. The van der Waals surface area contributed by atoms with Crippen molar-refractivity contribution in [3.8, 4) is 11.5 Å². The van der Waals surface area contributed by atoms with Gasteiger partial charge >= 0.3 is 11.9 Å². The highest BCUT2D eigenvalue weighted by atomic mass is 16.5. The largest absolute Gasteiger partial charge is 0.493 e. The molecule has 0 unspecified atom stereocenters. The zero-order valence-corrected chi connectivity index (χ0v) is 14.6. The highest BCUT2D eigenvalue weighted by Crippen LogP contribution is 2.27. The van der Waals surface area contributed by atoms with Crippen molar-refractivity contribution in [2.75, 3.05) is 20.8 Å². The Labute approximate surface area is 151 Å². The van der Waals surface area contributed by atoms with Crippen LogP contribution in [0.5, 0.6) is 11.5 Å². The molecule has 0 atom stereocenters. The van der Waals surface area contributed by atoms with E-state index in [4.69, 9.17) is 29.3 Å². The van der Waals surface area contributed by atoms with Crippen molar-refractivity contribution in [1.29, 1.82) is 0 Å². The average Bonchev–Trinajstić information content (AvgIpc) is 2.66. The first-order valence-electron chi connectivity index (χ1n) is 7.74. The average molecular weight is 362 g/mol. The number of hydrogen-bond acceptors (Lipinski definition) is 6. The second-order valence-corrected chi connectivity index (χ2v) is 5.08. The molecule has 1 aromatic heterocycles. The van der Waals surface area contributed by atoms with Gasteiger partial charge in [-0.15, -0.1) is 0 Å². The van der Waals surface area contributed by atoms with Crippen molar-refractivity contribution >= 4 is 11.9 Å². The fraction of sp³-hybridized carbons (Fsp3) is 0.278. The first-order chi connectivity index (χ1) is 12.5. The van der Waals surface area contributed by atoms with Crippen molar-refractivity contribution in [2.24, 2.45) is 0 Å². The lowest BCUT2D eigenvalue weighted by molar-refractivity contribution is -0.159. The molecule has 0 spiro atoms. The molecular formula is C18H22N2O6. The maximum absolute atomic E-state index is 9.10. The minimum absolute atomic E-state index is 0.765. The van der Waals surface area contributed by atoms with Gasteiger partial charge < -0.3 is 25.0 Å². The molecule has 2 aromatic rings. The number of pyridine rings is 1. The van der Waals surface area contributed by atoms with E-state index < -0.39 is 11.9 Å². The predicted octanol–water partition coefficient (Wildman–Crippen LogP) is 1.59. The lowest BCUT2D eigenvalue weighted by Crippen LogP contribution is -2.16. The van der Waals surface area contributed by atoms with Crippen LogP contribution in [0.3, 0.4) is 0 Å². The molecule has 26 heavy (non-hydrogen) atoms. The second-order valence-electron chi connectivity index (χ2n) is 5.08. The van der Waals surface area contributed by atoms with Crippen LogP contribution in [0.25, 0.3) is 0 Å². The summed E-state index contributed by atoms with van der Waals surface area (Å²) in [6.45, 7) is 1.77. The van der Waals surface area contributed by atoms with Gasteiger partial charge in [0.2, 0.25) is 0 Å². The molecule has 1 heterocycles. The predicted molar refractivity (Wildman–Crippen MR) is 94.5 cm³/mol. The SMILES string of the molecule is COc1ccc(CCNCc2ccncc2)cc1OC.O=C(O)C(=O)O. The summed E-state index contributed by atoms with van der Waals surface area (Å²) in [6.07, 6.45) is 4.57. The number of aromatic nitrogens is 1. The zero-order valence-electron chi connectivity index (χ0n) is 14.6. The highest BCUT2D eigenvalue weighted by Gasteiger charge is 2.04. The van der Waals surface area contributed by atoms with Crippen molar-refractivity contribution < 1.29 is 29.3 Å². The summed E-state index contributed by atoms with van der Waals surface area (Å²) in [6, 6.07) is 10.1. The summed E-state index contributed by atoms with van der Waals surface area (Å²) in [5, 5.41) is 18.2. The lowest BCUT2D eigenvalue weighted by atomic mass is 10.1. The van der Waals surface area contributed by atoms with Gasteiger partial charge in [0.25, 0.3) is 0 Å². The third kappa shape index (κ3) is 7.63. The summed E-state index contributed by atoms with van der Waals surface area (Å²) in [4.78, 5) is 22.2. The Bertz CT molecular complexity index is 694. The number of methoxy groups -OCH3 is 2. The number of hydrogen-bond donors (Lipinski definition) is 3. The van der Waals surface area contributed by atoms with Gasteiger partial charge in [0, 0.05) is 18.9 Å². The minimum atomic E-state index is -1.82. The standard InChI is InChI=1S/C16H20N2O2.C2H2O4/c1-19-15-4-3-13(11-16(15)20-2)5-10-18-12-14-6-8-17-9-7-14;3-1(4)2(5)6/h3-4,6-9,11,18H,5,10,12H2,1-2H3;(H,3,4)(H,5,6). The molecule has 8 nitrogen and oxygen atoms in total. The minimum Gasteiger partial charge on any atom is -0.493 e. The van der Waals surface area contributed by atoms with E-state index in [1.54, 1.807) is 14.2 Å². The summed E-state index contributed by atoms with van der Waals surface area (Å²) in [7, 11) is 3.30. The van der Waals surface area contributed by atoms with Crippen molar-refractivity contribution in [1.82, 2.24) is 10.3 Å². The summed E-state index contributed by atoms with van der Waals surface area (Å²) >= 11 is 0. The maximum Gasteiger partial charge on any atom is 0.414 e. The Morgan fingerprint density at radius 1 is 0.962 bits per heavy atom. The monoisotopic (exact) mass is 362 g/mol. The molecule has 0 aliphatic heterocycles. The van der Waals surface area contributed by atoms with E-state index in [0.29, 0.717) is 0 Å². The van der Waals surface area contributed by atoms with Gasteiger partial charge in [-0.25, -0.2) is 9.59 Å². The molecular weight excluding hydrogens is 340 g/mol. The Balaban J connectivity index is 0.000000487. The Kier molecular flexibility index (Phi) is 9.19. The fourth-order valence-electron chi connectivity index (χ4n) is 2.00. The third-order valence-corrected chi connectivity index (χ3v) is 3.30. The van der Waals surface area contributed by atoms with Crippen molar-refractivity contribution in [3.05, 3.63) is 53.9 Å². The van der Waals surface area contributed by atoms with Gasteiger partial charge in [0.1, 0.15) is 0 Å². The number of nitrogens with one attached hydrogen (secondary N) is 1. The fourth-order valence-corrected chi connectivity index (χ4v) is 2.00. The third-order valence-electron chi connectivity index (χ3n) is 3.30. The van der Waals surface area contributed by atoms with E-state index in [0.717, 1.165) is 31.0 Å². The topological polar surface area (TPSA) is 118 Å². The molecule has 2 rings (SSSR count). The van der Waals surface area contributed by atoms with Crippen LogP contribution < -0.4 is 14.8 Å². The normalized spacial score (nSPS) is 9.62. The maximum atomic E-state index is 9.10. The molecule has 0 bridgehead atoms. The molecule has 140 valence electrons. The summed E-state index contributed by atoms with van der Waals surface area (Å²) in [5.74, 6) is -2.11. The molecule has 0 radical (unpaired) electrons. The van der Waals surface area contributed by atoms with Crippen LogP contribution in [0.1, 0.15) is 11.1 Å². The van der Waals surface area contributed by atoms with Gasteiger partial charge in [0.05, 0.1) is 14.2 Å². The van der Waals surface area contributed by atoms with Crippen molar-refractivity contribution in [3.63, 3.8) is 0 Å². The number of ether oxygens (including phenoxy) is 2. The molecule has 0 aliphatic rings. The van der Waals surface area contributed by atoms with Gasteiger partial charge in [-0.3, -0.25) is 4.98 Å². The van der Waals surface area contributed by atoms with Crippen LogP contribution in [0, 0.1) is 0 Å². The van der Waals surface area contributed by atoms with Gasteiger partial charge in [0.15, 0.2) is 11.5 Å². The van der Waals surface area contributed by atoms with Crippen LogP contribution in [0.2, 0.25) is 0 Å². The zero-order chi connectivity index (χ0) is 19.4. The second kappa shape index (κ2) is 11.4. The number of rotatable bonds is 7. The molecule has 1 aromatic carbocycles. The quantitative estimate of drug-likeness (QED) is 0.502. The van der Waals surface area contributed by atoms with Crippen LogP contribution >= 0.6 is 0 Å². The number of carboxylic acid groups (broad SMARTS) is 2.